The summed E-state index contributed by atoms with van der Waals surface area (Å²) in [4.78, 5) is 16.6. The Balaban J connectivity index is 1.33. The van der Waals surface area contributed by atoms with Crippen LogP contribution in [0.4, 0.5) is 0 Å². The van der Waals surface area contributed by atoms with Crippen molar-refractivity contribution in [2.24, 2.45) is 0 Å². The third kappa shape index (κ3) is 5.45. The Bertz CT molecular complexity index is 1150. The predicted molar refractivity (Wildman–Crippen MR) is 126 cm³/mol. The van der Waals surface area contributed by atoms with E-state index in [-0.39, 0.29) is 11.7 Å². The third-order valence-corrected chi connectivity index (χ3v) is 6.14. The second-order valence-corrected chi connectivity index (χ2v) is 8.74. The summed E-state index contributed by atoms with van der Waals surface area (Å²) in [6, 6.07) is 16.4. The van der Waals surface area contributed by atoms with Crippen molar-refractivity contribution in [3.05, 3.63) is 90.3 Å². The fourth-order valence-corrected chi connectivity index (χ4v) is 4.11. The van der Waals surface area contributed by atoms with Crippen LogP contribution in [0.2, 0.25) is 0 Å². The number of carbonyl (C=O) groups excluding carboxylic acids is 1. The van der Waals surface area contributed by atoms with Crippen LogP contribution in [0.25, 0.3) is 5.69 Å². The molecule has 0 aliphatic heterocycles. The molecule has 2 heterocycles. The van der Waals surface area contributed by atoms with Crippen molar-refractivity contribution in [2.75, 3.05) is 5.75 Å². The zero-order chi connectivity index (χ0) is 22.3. The molecule has 7 nitrogen and oxygen atoms in total. The van der Waals surface area contributed by atoms with Gasteiger partial charge in [-0.3, -0.25) is 9.36 Å². The molecule has 32 heavy (non-hydrogen) atoms. The van der Waals surface area contributed by atoms with Gasteiger partial charge in [0.1, 0.15) is 6.33 Å². The van der Waals surface area contributed by atoms with E-state index in [4.69, 9.17) is 0 Å². The van der Waals surface area contributed by atoms with E-state index >= 15 is 0 Å². The van der Waals surface area contributed by atoms with Crippen molar-refractivity contribution in [2.45, 2.75) is 38.0 Å². The molecule has 8 heteroatoms. The maximum Gasteiger partial charge on any atom is 0.230 e. The first-order valence-corrected chi connectivity index (χ1v) is 11.5. The Labute approximate surface area is 191 Å². The van der Waals surface area contributed by atoms with Gasteiger partial charge in [0.2, 0.25) is 5.91 Å². The Hall–Kier alpha value is -3.39. The van der Waals surface area contributed by atoms with Gasteiger partial charge in [-0.25, -0.2) is 4.98 Å². The maximum absolute atomic E-state index is 12.5. The standard InChI is InChI=1S/C24H26N6OS/c1-18(2)19-7-9-22(10-8-19)30-17-27-28-24(30)32-15-23(31)26-13-20-5-3-4-6-21(20)14-29-12-11-25-16-29/h3-12,16-18H,13-15H2,1-2H3,(H,26,31). The second kappa shape index (κ2) is 10.3. The number of nitrogens with one attached hydrogen (secondary N) is 1. The van der Waals surface area contributed by atoms with Gasteiger partial charge in [0.15, 0.2) is 5.16 Å². The molecule has 0 bridgehead atoms. The van der Waals surface area contributed by atoms with Crippen molar-refractivity contribution in [1.82, 2.24) is 29.6 Å². The largest absolute Gasteiger partial charge is 0.351 e. The van der Waals surface area contributed by atoms with Crippen molar-refractivity contribution in [3.8, 4) is 5.69 Å². The molecule has 4 rings (SSSR count). The summed E-state index contributed by atoms with van der Waals surface area (Å²) in [6.07, 6.45) is 7.16. The second-order valence-electron chi connectivity index (χ2n) is 7.80. The van der Waals surface area contributed by atoms with Gasteiger partial charge in [0.05, 0.1) is 12.1 Å². The van der Waals surface area contributed by atoms with Gasteiger partial charge in [-0.05, 0) is 34.7 Å². The monoisotopic (exact) mass is 446 g/mol. The Morgan fingerprint density at radius 1 is 1.06 bits per heavy atom. The molecule has 1 N–H and O–H groups in total. The molecule has 0 aliphatic rings. The summed E-state index contributed by atoms with van der Waals surface area (Å²) in [5.41, 5.74) is 4.51. The molecule has 0 atom stereocenters. The van der Waals surface area contributed by atoms with Crippen LogP contribution < -0.4 is 5.32 Å². The van der Waals surface area contributed by atoms with Gasteiger partial charge < -0.3 is 9.88 Å². The lowest BCUT2D eigenvalue weighted by molar-refractivity contribution is -0.118. The van der Waals surface area contributed by atoms with E-state index in [9.17, 15) is 4.79 Å². The summed E-state index contributed by atoms with van der Waals surface area (Å²) in [7, 11) is 0. The highest BCUT2D eigenvalue weighted by atomic mass is 32.2. The van der Waals surface area contributed by atoms with Crippen LogP contribution >= 0.6 is 11.8 Å². The number of amides is 1. The van der Waals surface area contributed by atoms with Gasteiger partial charge in [-0.1, -0.05) is 62.0 Å². The zero-order valence-electron chi connectivity index (χ0n) is 18.2. The van der Waals surface area contributed by atoms with E-state index in [2.05, 4.69) is 64.7 Å². The summed E-state index contributed by atoms with van der Waals surface area (Å²) in [5.74, 6) is 0.705. The number of benzene rings is 2. The minimum Gasteiger partial charge on any atom is -0.351 e. The lowest BCUT2D eigenvalue weighted by atomic mass is 10.0. The van der Waals surface area contributed by atoms with Gasteiger partial charge in [-0.2, -0.15) is 0 Å². The number of rotatable bonds is 9. The van der Waals surface area contributed by atoms with Gasteiger partial charge in [-0.15, -0.1) is 10.2 Å². The smallest absolute Gasteiger partial charge is 0.230 e. The van der Waals surface area contributed by atoms with Crippen molar-refractivity contribution in [1.29, 1.82) is 0 Å². The highest BCUT2D eigenvalue weighted by Crippen LogP contribution is 2.22. The summed E-state index contributed by atoms with van der Waals surface area (Å²) in [6.45, 7) is 5.54. The number of hydrogen-bond donors (Lipinski definition) is 1. The van der Waals surface area contributed by atoms with Crippen LogP contribution in [0.15, 0.2) is 78.7 Å². The molecule has 0 radical (unpaired) electrons. The lowest BCUT2D eigenvalue weighted by Gasteiger charge is -2.12. The van der Waals surface area contributed by atoms with E-state index in [0.29, 0.717) is 17.6 Å². The van der Waals surface area contributed by atoms with E-state index in [1.54, 1.807) is 18.9 Å². The molecule has 0 aliphatic carbocycles. The molecule has 2 aromatic heterocycles. The first kappa shape index (κ1) is 21.8. The number of hydrogen-bond acceptors (Lipinski definition) is 5. The number of carbonyl (C=O) groups is 1. The van der Waals surface area contributed by atoms with Crippen LogP contribution in [0, 0.1) is 0 Å². The molecule has 0 saturated carbocycles. The summed E-state index contributed by atoms with van der Waals surface area (Å²) >= 11 is 1.38. The van der Waals surface area contributed by atoms with Crippen LogP contribution in [-0.2, 0) is 17.9 Å². The van der Waals surface area contributed by atoms with Gasteiger partial charge >= 0.3 is 0 Å². The Morgan fingerprint density at radius 2 is 1.84 bits per heavy atom. The van der Waals surface area contributed by atoms with Crippen molar-refractivity contribution < 1.29 is 4.79 Å². The molecule has 2 aromatic carbocycles. The average molecular weight is 447 g/mol. The van der Waals surface area contributed by atoms with Crippen LogP contribution in [-0.4, -0.2) is 36.0 Å². The van der Waals surface area contributed by atoms with Crippen LogP contribution in [0.5, 0.6) is 0 Å². The fourth-order valence-electron chi connectivity index (χ4n) is 3.36. The number of aromatic nitrogens is 5. The van der Waals surface area contributed by atoms with Gasteiger partial charge in [0.25, 0.3) is 0 Å². The molecule has 0 unspecified atom stereocenters. The predicted octanol–water partition coefficient (Wildman–Crippen LogP) is 4.04. The SMILES string of the molecule is CC(C)c1ccc(-n2cnnc2SCC(=O)NCc2ccccc2Cn2ccnc2)cc1. The van der Waals surface area contributed by atoms with Crippen LogP contribution in [0.1, 0.15) is 36.5 Å². The Morgan fingerprint density at radius 3 is 2.56 bits per heavy atom. The average Bonchev–Trinajstić information content (AvgIpc) is 3.49. The molecule has 4 aromatic rings. The lowest BCUT2D eigenvalue weighted by Crippen LogP contribution is -2.25. The zero-order valence-corrected chi connectivity index (χ0v) is 19.0. The van der Waals surface area contributed by atoms with E-state index < -0.39 is 0 Å². The topological polar surface area (TPSA) is 77.6 Å². The molecule has 0 spiro atoms. The van der Waals surface area contributed by atoms with E-state index in [1.165, 1.54) is 17.3 Å². The van der Waals surface area contributed by atoms with Crippen LogP contribution in [0.3, 0.4) is 0 Å². The van der Waals surface area contributed by atoms with Gasteiger partial charge in [0, 0.05) is 31.2 Å². The maximum atomic E-state index is 12.5. The van der Waals surface area contributed by atoms with Crippen molar-refractivity contribution >= 4 is 17.7 Å². The quantitative estimate of drug-likeness (QED) is 0.393. The number of thioether (sulfide) groups is 1. The van der Waals surface area contributed by atoms with Crippen molar-refractivity contribution in [3.63, 3.8) is 0 Å². The normalized spacial score (nSPS) is 11.1. The number of nitrogens with zero attached hydrogens (tertiary/aromatic N) is 5. The molecule has 164 valence electrons. The third-order valence-electron chi connectivity index (χ3n) is 5.19. The fraction of sp³-hybridized carbons (Fsp3) is 0.250. The molecule has 1 amide bonds. The minimum atomic E-state index is -0.0443. The molecular weight excluding hydrogens is 420 g/mol. The summed E-state index contributed by atoms with van der Waals surface area (Å²) < 4.78 is 3.92. The highest BCUT2D eigenvalue weighted by Gasteiger charge is 2.11. The van der Waals surface area contributed by atoms with E-state index in [0.717, 1.165) is 23.4 Å². The molecular formula is C24H26N6OS. The first-order valence-electron chi connectivity index (χ1n) is 10.5. The molecule has 0 fully saturated rings. The first-order chi connectivity index (χ1) is 15.6. The highest BCUT2D eigenvalue weighted by molar-refractivity contribution is 7.99. The van der Waals surface area contributed by atoms with E-state index in [1.807, 2.05) is 33.5 Å². The minimum absolute atomic E-state index is 0.0443. The number of imidazole rings is 1. The summed E-state index contributed by atoms with van der Waals surface area (Å²) in [5, 5.41) is 11.9. The molecule has 0 saturated heterocycles. The Kier molecular flexibility index (Phi) is 7.01.